The molecule has 0 saturated heterocycles. The number of rotatable bonds is 6. The van der Waals surface area contributed by atoms with Crippen molar-refractivity contribution >= 4 is 5.91 Å². The molecule has 1 amide bonds. The lowest BCUT2D eigenvalue weighted by atomic mass is 10.0. The number of carbonyl (C=O) groups excluding carboxylic acids is 1. The molecule has 0 bridgehead atoms. The third kappa shape index (κ3) is 4.14. The van der Waals surface area contributed by atoms with Crippen molar-refractivity contribution < 1.29 is 9.32 Å². The first-order chi connectivity index (χ1) is 13.6. The van der Waals surface area contributed by atoms with Crippen LogP contribution < -0.4 is 5.32 Å². The number of nitrogens with zero attached hydrogens (tertiary/aromatic N) is 2. The van der Waals surface area contributed by atoms with Crippen LogP contribution in [-0.4, -0.2) is 16.0 Å². The molecule has 28 heavy (non-hydrogen) atoms. The van der Waals surface area contributed by atoms with Gasteiger partial charge in [-0.15, -0.1) is 0 Å². The highest BCUT2D eigenvalue weighted by Crippen LogP contribution is 2.25. The van der Waals surface area contributed by atoms with E-state index in [1.807, 2.05) is 38.1 Å². The van der Waals surface area contributed by atoms with E-state index in [1.165, 1.54) is 24.0 Å². The Morgan fingerprint density at radius 2 is 2.04 bits per heavy atom. The molecule has 144 valence electrons. The van der Waals surface area contributed by atoms with Crippen molar-refractivity contribution in [1.29, 1.82) is 0 Å². The maximum absolute atomic E-state index is 12.4. The molecule has 0 radical (unpaired) electrons. The first kappa shape index (κ1) is 18.4. The van der Waals surface area contributed by atoms with Gasteiger partial charge in [0.1, 0.15) is 0 Å². The smallest absolute Gasteiger partial charge is 0.227 e. The Morgan fingerprint density at radius 1 is 1.18 bits per heavy atom. The molecule has 1 aromatic heterocycles. The van der Waals surface area contributed by atoms with Gasteiger partial charge in [-0.3, -0.25) is 4.79 Å². The lowest BCUT2D eigenvalue weighted by Crippen LogP contribution is -2.26. The molecule has 3 aromatic rings. The molecule has 0 fully saturated rings. The highest BCUT2D eigenvalue weighted by Gasteiger charge is 2.16. The fourth-order valence-electron chi connectivity index (χ4n) is 3.74. The molecule has 1 aliphatic rings. The SMILES string of the molecule is Cc1cccc(-c2noc(CCC(=O)N[C@@H](C)c3ccc4c(c3)CCC4)n2)c1. The Kier molecular flexibility index (Phi) is 5.24. The minimum absolute atomic E-state index is 0.0102. The third-order valence-electron chi connectivity index (χ3n) is 5.31. The number of nitrogens with one attached hydrogen (secondary N) is 1. The topological polar surface area (TPSA) is 68.0 Å². The largest absolute Gasteiger partial charge is 0.350 e. The van der Waals surface area contributed by atoms with E-state index >= 15 is 0 Å². The standard InChI is InChI=1S/C23H25N3O2/c1-15-5-3-8-20(13-15)23-25-22(28-26-23)12-11-21(27)24-16(2)18-10-9-17-6-4-7-19(17)14-18/h3,5,8-10,13-14,16H,4,6-7,11-12H2,1-2H3,(H,24,27)/t16-/m0/s1. The van der Waals surface area contributed by atoms with E-state index in [2.05, 4.69) is 33.7 Å². The van der Waals surface area contributed by atoms with Crippen LogP contribution in [0.5, 0.6) is 0 Å². The Hall–Kier alpha value is -2.95. The zero-order valence-electron chi connectivity index (χ0n) is 16.4. The number of benzene rings is 2. The Bertz CT molecular complexity index is 993. The van der Waals surface area contributed by atoms with E-state index in [0.29, 0.717) is 24.6 Å². The molecule has 1 N–H and O–H groups in total. The number of amides is 1. The maximum atomic E-state index is 12.4. The van der Waals surface area contributed by atoms with Crippen molar-refractivity contribution in [3.63, 3.8) is 0 Å². The first-order valence-corrected chi connectivity index (χ1v) is 9.89. The van der Waals surface area contributed by atoms with Crippen molar-refractivity contribution in [2.24, 2.45) is 0 Å². The van der Waals surface area contributed by atoms with Crippen molar-refractivity contribution in [1.82, 2.24) is 15.5 Å². The van der Waals surface area contributed by atoms with Gasteiger partial charge in [0, 0.05) is 18.4 Å². The average Bonchev–Trinajstić information content (AvgIpc) is 3.35. The van der Waals surface area contributed by atoms with Crippen LogP contribution in [0.1, 0.15) is 54.0 Å². The van der Waals surface area contributed by atoms with Crippen LogP contribution in [-0.2, 0) is 24.1 Å². The molecule has 2 aromatic carbocycles. The number of aromatic nitrogens is 2. The minimum Gasteiger partial charge on any atom is -0.350 e. The predicted octanol–water partition coefficient (Wildman–Crippen LogP) is 4.34. The van der Waals surface area contributed by atoms with Crippen LogP contribution in [0.2, 0.25) is 0 Å². The van der Waals surface area contributed by atoms with Gasteiger partial charge >= 0.3 is 0 Å². The molecule has 0 saturated carbocycles. The second-order valence-electron chi connectivity index (χ2n) is 7.55. The molecule has 1 aliphatic carbocycles. The van der Waals surface area contributed by atoms with Crippen LogP contribution in [0.15, 0.2) is 47.0 Å². The Morgan fingerprint density at radius 3 is 2.89 bits per heavy atom. The third-order valence-corrected chi connectivity index (χ3v) is 5.31. The quantitative estimate of drug-likeness (QED) is 0.696. The van der Waals surface area contributed by atoms with E-state index in [4.69, 9.17) is 4.52 Å². The van der Waals surface area contributed by atoms with E-state index in [9.17, 15) is 4.79 Å². The predicted molar refractivity (Wildman–Crippen MR) is 108 cm³/mol. The zero-order chi connectivity index (χ0) is 19.5. The molecular formula is C23H25N3O2. The van der Waals surface area contributed by atoms with Crippen molar-refractivity contribution in [3.8, 4) is 11.4 Å². The fourth-order valence-corrected chi connectivity index (χ4v) is 3.74. The Labute approximate surface area is 165 Å². The molecule has 0 unspecified atom stereocenters. The monoisotopic (exact) mass is 375 g/mol. The molecule has 4 rings (SSSR count). The van der Waals surface area contributed by atoms with Gasteiger partial charge in [0.25, 0.3) is 0 Å². The second kappa shape index (κ2) is 7.97. The number of hydrogen-bond acceptors (Lipinski definition) is 4. The lowest BCUT2D eigenvalue weighted by molar-refractivity contribution is -0.121. The summed E-state index contributed by atoms with van der Waals surface area (Å²) >= 11 is 0. The first-order valence-electron chi connectivity index (χ1n) is 9.89. The summed E-state index contributed by atoms with van der Waals surface area (Å²) < 4.78 is 5.31. The highest BCUT2D eigenvalue weighted by atomic mass is 16.5. The fraction of sp³-hybridized carbons (Fsp3) is 0.348. The minimum atomic E-state index is -0.0108. The number of carbonyl (C=O) groups is 1. The molecule has 0 aliphatic heterocycles. The van der Waals surface area contributed by atoms with Crippen LogP contribution in [0, 0.1) is 6.92 Å². The molecule has 1 heterocycles. The average molecular weight is 375 g/mol. The number of hydrogen-bond donors (Lipinski definition) is 1. The van der Waals surface area contributed by atoms with Gasteiger partial charge in [-0.1, -0.05) is 47.1 Å². The summed E-state index contributed by atoms with van der Waals surface area (Å²) in [5, 5.41) is 7.10. The van der Waals surface area contributed by atoms with Gasteiger partial charge in [-0.05, 0) is 55.9 Å². The van der Waals surface area contributed by atoms with Crippen LogP contribution in [0.3, 0.4) is 0 Å². The van der Waals surface area contributed by atoms with E-state index < -0.39 is 0 Å². The van der Waals surface area contributed by atoms with E-state index in [-0.39, 0.29) is 11.9 Å². The van der Waals surface area contributed by atoms with Gasteiger partial charge in [0.15, 0.2) is 0 Å². The summed E-state index contributed by atoms with van der Waals surface area (Å²) in [4.78, 5) is 16.8. The van der Waals surface area contributed by atoms with Crippen molar-refractivity contribution in [2.45, 2.75) is 52.0 Å². The second-order valence-corrected chi connectivity index (χ2v) is 7.55. The van der Waals surface area contributed by atoms with Crippen molar-refractivity contribution in [2.75, 3.05) is 0 Å². The van der Waals surface area contributed by atoms with Gasteiger partial charge in [0.2, 0.25) is 17.6 Å². The Balaban J connectivity index is 1.32. The highest BCUT2D eigenvalue weighted by molar-refractivity contribution is 5.76. The van der Waals surface area contributed by atoms with E-state index in [1.54, 1.807) is 0 Å². The van der Waals surface area contributed by atoms with Gasteiger partial charge in [-0.2, -0.15) is 4.98 Å². The van der Waals surface area contributed by atoms with Gasteiger partial charge < -0.3 is 9.84 Å². The van der Waals surface area contributed by atoms with Crippen LogP contribution in [0.25, 0.3) is 11.4 Å². The summed E-state index contributed by atoms with van der Waals surface area (Å²) in [6.45, 7) is 4.05. The molecular weight excluding hydrogens is 350 g/mol. The lowest BCUT2D eigenvalue weighted by Gasteiger charge is -2.15. The summed E-state index contributed by atoms with van der Waals surface area (Å²) in [5.41, 5.74) is 6.10. The summed E-state index contributed by atoms with van der Waals surface area (Å²) in [7, 11) is 0. The zero-order valence-corrected chi connectivity index (χ0v) is 16.4. The molecule has 5 heteroatoms. The van der Waals surface area contributed by atoms with Gasteiger partial charge in [0.05, 0.1) is 6.04 Å². The molecule has 0 spiro atoms. The maximum Gasteiger partial charge on any atom is 0.227 e. The summed E-state index contributed by atoms with van der Waals surface area (Å²) in [5.74, 6) is 1.03. The van der Waals surface area contributed by atoms with E-state index in [0.717, 1.165) is 23.1 Å². The molecule has 5 nitrogen and oxygen atoms in total. The van der Waals surface area contributed by atoms with Crippen molar-refractivity contribution in [3.05, 3.63) is 70.6 Å². The normalized spacial score (nSPS) is 13.9. The van der Waals surface area contributed by atoms with Gasteiger partial charge in [-0.25, -0.2) is 0 Å². The number of fused-ring (bicyclic) bond motifs is 1. The van der Waals surface area contributed by atoms with Crippen LogP contribution >= 0.6 is 0 Å². The summed E-state index contributed by atoms with van der Waals surface area (Å²) in [6, 6.07) is 14.5. The molecule has 1 atom stereocenters. The van der Waals surface area contributed by atoms with Crippen LogP contribution in [0.4, 0.5) is 0 Å². The summed E-state index contributed by atoms with van der Waals surface area (Å²) in [6.07, 6.45) is 4.30. The number of aryl methyl sites for hydroxylation is 4.